The summed E-state index contributed by atoms with van der Waals surface area (Å²) < 4.78 is 42.5. The lowest BCUT2D eigenvalue weighted by atomic mass is 9.87. The van der Waals surface area contributed by atoms with E-state index in [1.54, 1.807) is 0 Å². The molecule has 1 amide bonds. The van der Waals surface area contributed by atoms with Crippen LogP contribution in [0.3, 0.4) is 0 Å². The van der Waals surface area contributed by atoms with Crippen molar-refractivity contribution in [2.45, 2.75) is 43.5 Å². The van der Waals surface area contributed by atoms with Crippen molar-refractivity contribution in [2.75, 3.05) is 5.32 Å². The molecule has 0 aromatic heterocycles. The van der Waals surface area contributed by atoms with Gasteiger partial charge in [-0.3, -0.25) is 4.79 Å². The molecule has 2 N–H and O–H groups in total. The number of benzene rings is 2. The second-order valence-corrected chi connectivity index (χ2v) is 9.77. The van der Waals surface area contributed by atoms with Crippen LogP contribution in [0.4, 0.5) is 10.1 Å². The first-order valence-electron chi connectivity index (χ1n) is 9.25. The van der Waals surface area contributed by atoms with Crippen LogP contribution in [0.5, 0.6) is 0 Å². The van der Waals surface area contributed by atoms with Crippen LogP contribution >= 0.6 is 23.2 Å². The highest BCUT2D eigenvalue weighted by Crippen LogP contribution is 2.28. The van der Waals surface area contributed by atoms with Crippen LogP contribution in [-0.4, -0.2) is 20.4 Å². The fourth-order valence-electron chi connectivity index (χ4n) is 3.38. The number of amides is 1. The second kappa shape index (κ2) is 9.00. The zero-order valence-corrected chi connectivity index (χ0v) is 18.0. The van der Waals surface area contributed by atoms with Gasteiger partial charge in [-0.2, -0.15) is 0 Å². The van der Waals surface area contributed by atoms with Crippen molar-refractivity contribution < 1.29 is 17.6 Å². The van der Waals surface area contributed by atoms with Crippen molar-refractivity contribution in [3.8, 4) is 0 Å². The molecule has 1 aliphatic rings. The van der Waals surface area contributed by atoms with Gasteiger partial charge in [-0.1, -0.05) is 43.0 Å². The van der Waals surface area contributed by atoms with E-state index in [-0.39, 0.29) is 27.6 Å². The third-order valence-corrected chi connectivity index (χ3v) is 7.13. The summed E-state index contributed by atoms with van der Waals surface area (Å²) in [6, 6.07) is 7.41. The molecule has 1 aliphatic carbocycles. The molecule has 5 nitrogen and oxygen atoms in total. The molecule has 2 unspecified atom stereocenters. The lowest BCUT2D eigenvalue weighted by molar-refractivity contribution is 0.102. The van der Waals surface area contributed by atoms with Gasteiger partial charge in [0, 0.05) is 11.1 Å². The van der Waals surface area contributed by atoms with E-state index in [0.29, 0.717) is 5.02 Å². The molecular weight excluding hydrogens is 438 g/mol. The number of nitrogens with one attached hydrogen (secondary N) is 2. The van der Waals surface area contributed by atoms with Crippen LogP contribution < -0.4 is 10.0 Å². The number of carbonyl (C=O) groups excluding carboxylic acids is 1. The van der Waals surface area contributed by atoms with E-state index in [2.05, 4.69) is 10.0 Å². The Morgan fingerprint density at radius 2 is 1.83 bits per heavy atom. The van der Waals surface area contributed by atoms with Gasteiger partial charge in [-0.15, -0.1) is 0 Å². The molecule has 29 heavy (non-hydrogen) atoms. The molecule has 2 atom stereocenters. The van der Waals surface area contributed by atoms with E-state index in [9.17, 15) is 17.6 Å². The molecule has 1 saturated carbocycles. The van der Waals surface area contributed by atoms with E-state index < -0.39 is 27.3 Å². The van der Waals surface area contributed by atoms with Gasteiger partial charge >= 0.3 is 0 Å². The molecule has 3 rings (SSSR count). The minimum atomic E-state index is -3.89. The largest absolute Gasteiger partial charge is 0.321 e. The SMILES string of the molecule is CC1CCCCC1NS(=O)(=O)c1ccc(F)c(C(=O)Nc2ccc(Cl)cc2Cl)c1. The van der Waals surface area contributed by atoms with E-state index >= 15 is 0 Å². The minimum absolute atomic E-state index is 0.163. The van der Waals surface area contributed by atoms with Crippen molar-refractivity contribution in [1.82, 2.24) is 4.72 Å². The summed E-state index contributed by atoms with van der Waals surface area (Å²) in [4.78, 5) is 12.4. The van der Waals surface area contributed by atoms with E-state index in [4.69, 9.17) is 23.2 Å². The van der Waals surface area contributed by atoms with Gasteiger partial charge in [0.15, 0.2) is 0 Å². The van der Waals surface area contributed by atoms with Gasteiger partial charge in [0.2, 0.25) is 10.0 Å². The normalized spacial score (nSPS) is 19.7. The summed E-state index contributed by atoms with van der Waals surface area (Å²) in [6.45, 7) is 2.01. The maximum Gasteiger partial charge on any atom is 0.258 e. The van der Waals surface area contributed by atoms with Gasteiger partial charge < -0.3 is 5.32 Å². The van der Waals surface area contributed by atoms with E-state index in [0.717, 1.165) is 43.9 Å². The number of carbonyl (C=O) groups is 1. The molecule has 9 heteroatoms. The van der Waals surface area contributed by atoms with Crippen LogP contribution in [0.1, 0.15) is 43.0 Å². The standard InChI is InChI=1S/C20H21Cl2FN2O3S/c1-12-4-2-3-5-18(12)25-29(27,28)14-7-8-17(23)15(11-14)20(26)24-19-9-6-13(21)10-16(19)22/h6-12,18,25H,2-5H2,1H3,(H,24,26). The smallest absolute Gasteiger partial charge is 0.258 e. The van der Waals surface area contributed by atoms with Gasteiger partial charge in [-0.25, -0.2) is 17.5 Å². The Labute approximate surface area is 179 Å². The predicted octanol–water partition coefficient (Wildman–Crippen LogP) is 5.24. The predicted molar refractivity (Wildman–Crippen MR) is 113 cm³/mol. The fourth-order valence-corrected chi connectivity index (χ4v) is 5.25. The number of halogens is 3. The first-order chi connectivity index (χ1) is 13.7. The second-order valence-electron chi connectivity index (χ2n) is 7.21. The number of hydrogen-bond acceptors (Lipinski definition) is 3. The number of sulfonamides is 1. The Kier molecular flexibility index (Phi) is 6.83. The van der Waals surface area contributed by atoms with Gasteiger partial charge in [-0.05, 0) is 55.2 Å². The van der Waals surface area contributed by atoms with Crippen molar-refractivity contribution >= 4 is 44.8 Å². The van der Waals surface area contributed by atoms with E-state index in [1.807, 2.05) is 6.92 Å². The maximum atomic E-state index is 14.3. The molecule has 2 aromatic rings. The first kappa shape index (κ1) is 22.0. The summed E-state index contributed by atoms with van der Waals surface area (Å²) in [7, 11) is -3.89. The van der Waals surface area contributed by atoms with Crippen LogP contribution in [0.15, 0.2) is 41.3 Å². The number of anilines is 1. The zero-order chi connectivity index (χ0) is 21.2. The lowest BCUT2D eigenvalue weighted by Crippen LogP contribution is -2.41. The molecule has 156 valence electrons. The summed E-state index contributed by atoms with van der Waals surface area (Å²) in [5.41, 5.74) is -0.154. The Morgan fingerprint density at radius 1 is 1.10 bits per heavy atom. The Morgan fingerprint density at radius 3 is 2.52 bits per heavy atom. The Bertz CT molecular complexity index is 1030. The van der Waals surface area contributed by atoms with Gasteiger partial charge in [0.05, 0.1) is 21.2 Å². The summed E-state index contributed by atoms with van der Waals surface area (Å²) >= 11 is 11.9. The minimum Gasteiger partial charge on any atom is -0.321 e. The molecule has 0 spiro atoms. The molecule has 0 heterocycles. The summed E-state index contributed by atoms with van der Waals surface area (Å²) in [5, 5.41) is 3.04. The molecule has 0 bridgehead atoms. The van der Waals surface area contributed by atoms with Crippen LogP contribution in [0, 0.1) is 11.7 Å². The van der Waals surface area contributed by atoms with Crippen molar-refractivity contribution in [3.05, 3.63) is 57.8 Å². The van der Waals surface area contributed by atoms with Crippen LogP contribution in [0.2, 0.25) is 10.0 Å². The quantitative estimate of drug-likeness (QED) is 0.642. The average molecular weight is 459 g/mol. The highest BCUT2D eigenvalue weighted by atomic mass is 35.5. The molecule has 2 aromatic carbocycles. The first-order valence-corrected chi connectivity index (χ1v) is 11.5. The van der Waals surface area contributed by atoms with Crippen LogP contribution in [0.25, 0.3) is 0 Å². The monoisotopic (exact) mass is 458 g/mol. The van der Waals surface area contributed by atoms with Gasteiger partial charge in [0.1, 0.15) is 5.82 Å². The highest BCUT2D eigenvalue weighted by Gasteiger charge is 2.28. The van der Waals surface area contributed by atoms with Crippen molar-refractivity contribution in [1.29, 1.82) is 0 Å². The Balaban J connectivity index is 1.84. The molecule has 1 fully saturated rings. The molecular formula is C20H21Cl2FN2O3S. The summed E-state index contributed by atoms with van der Waals surface area (Å²) in [6.07, 6.45) is 3.74. The highest BCUT2D eigenvalue weighted by molar-refractivity contribution is 7.89. The zero-order valence-electron chi connectivity index (χ0n) is 15.7. The van der Waals surface area contributed by atoms with Crippen molar-refractivity contribution in [2.24, 2.45) is 5.92 Å². The van der Waals surface area contributed by atoms with Crippen molar-refractivity contribution in [3.63, 3.8) is 0 Å². The van der Waals surface area contributed by atoms with E-state index in [1.165, 1.54) is 18.2 Å². The van der Waals surface area contributed by atoms with Crippen LogP contribution in [-0.2, 0) is 10.0 Å². The molecule has 0 radical (unpaired) electrons. The number of rotatable bonds is 5. The summed E-state index contributed by atoms with van der Waals surface area (Å²) in [5.74, 6) is -1.43. The maximum absolute atomic E-state index is 14.3. The molecule has 0 saturated heterocycles. The average Bonchev–Trinajstić information content (AvgIpc) is 2.66. The lowest BCUT2D eigenvalue weighted by Gasteiger charge is -2.29. The van der Waals surface area contributed by atoms with Gasteiger partial charge in [0.25, 0.3) is 5.91 Å². The third-order valence-electron chi connectivity index (χ3n) is 5.09. The topological polar surface area (TPSA) is 75.3 Å². The number of hydrogen-bond donors (Lipinski definition) is 2. The Hall–Kier alpha value is -1.67. The molecule has 0 aliphatic heterocycles. The fraction of sp³-hybridized carbons (Fsp3) is 0.350. The third kappa shape index (κ3) is 5.28.